The van der Waals surface area contributed by atoms with Gasteiger partial charge in [0.25, 0.3) is 0 Å². The first kappa shape index (κ1) is 15.0. The minimum Gasteiger partial charge on any atom is -0.490 e. The Kier molecular flexibility index (Phi) is 4.86. The van der Waals surface area contributed by atoms with E-state index in [4.69, 9.17) is 4.74 Å². The molecule has 1 heterocycles. The average Bonchev–Trinajstić information content (AvgIpc) is 2.49. The number of hydrogen-bond donors (Lipinski definition) is 2. The molecule has 2 N–H and O–H groups in total. The van der Waals surface area contributed by atoms with Crippen molar-refractivity contribution in [2.24, 2.45) is 0 Å². The number of benzene rings is 1. The van der Waals surface area contributed by atoms with Crippen molar-refractivity contribution in [2.75, 3.05) is 24.3 Å². The lowest BCUT2D eigenvalue weighted by Crippen LogP contribution is -2.07. The number of nitrogens with one attached hydrogen (secondary N) is 2. The molecule has 112 valence electrons. The summed E-state index contributed by atoms with van der Waals surface area (Å²) in [5.74, 6) is -0.509. The Morgan fingerprint density at radius 1 is 1.14 bits per heavy atom. The quantitative estimate of drug-likeness (QED) is 0.855. The number of nitrogens with zero attached hydrogens (tertiary/aromatic N) is 2. The minimum absolute atomic E-state index is 0.368. The highest BCUT2D eigenvalue weighted by molar-refractivity contribution is 5.69. The molecule has 0 spiro atoms. The van der Waals surface area contributed by atoms with E-state index in [2.05, 4.69) is 20.6 Å². The predicted octanol–water partition coefficient (Wildman–Crippen LogP) is 3.33. The van der Waals surface area contributed by atoms with Crippen LogP contribution in [0.15, 0.2) is 24.5 Å². The number of hydrogen-bond acceptors (Lipinski definition) is 5. The lowest BCUT2D eigenvalue weighted by atomic mass is 10.3. The van der Waals surface area contributed by atoms with Gasteiger partial charge in [0.2, 0.25) is 5.75 Å². The molecule has 5 nitrogen and oxygen atoms in total. The standard InChI is InChI=1S/C14H16F2N4O/c1-3-6-17-13-12(21-2)14(19-8-18-13)20-9-4-5-10(15)11(16)7-9/h4-5,7-8H,3,6H2,1-2H3,(H2,17,18,19,20). The highest BCUT2D eigenvalue weighted by Crippen LogP contribution is 2.31. The van der Waals surface area contributed by atoms with Gasteiger partial charge in [-0.3, -0.25) is 0 Å². The summed E-state index contributed by atoms with van der Waals surface area (Å²) in [5.41, 5.74) is 0.368. The Labute approximate surface area is 121 Å². The molecule has 0 aliphatic heterocycles. The van der Waals surface area contributed by atoms with Gasteiger partial charge in [-0.05, 0) is 18.6 Å². The molecule has 21 heavy (non-hydrogen) atoms. The highest BCUT2D eigenvalue weighted by atomic mass is 19.2. The van der Waals surface area contributed by atoms with Crippen LogP contribution >= 0.6 is 0 Å². The molecular formula is C14H16F2N4O. The predicted molar refractivity (Wildman–Crippen MR) is 77.0 cm³/mol. The second-order valence-corrected chi connectivity index (χ2v) is 4.28. The van der Waals surface area contributed by atoms with Crippen molar-refractivity contribution in [2.45, 2.75) is 13.3 Å². The zero-order valence-electron chi connectivity index (χ0n) is 11.8. The van der Waals surface area contributed by atoms with Crippen LogP contribution in [-0.2, 0) is 0 Å². The van der Waals surface area contributed by atoms with Crippen LogP contribution in [0, 0.1) is 11.6 Å². The van der Waals surface area contributed by atoms with Crippen LogP contribution in [0.1, 0.15) is 13.3 Å². The molecule has 2 rings (SSSR count). The van der Waals surface area contributed by atoms with E-state index in [1.807, 2.05) is 6.92 Å². The van der Waals surface area contributed by atoms with Crippen LogP contribution in [0.3, 0.4) is 0 Å². The minimum atomic E-state index is -0.933. The van der Waals surface area contributed by atoms with Gasteiger partial charge in [-0.1, -0.05) is 6.92 Å². The molecule has 0 saturated carbocycles. The van der Waals surface area contributed by atoms with Crippen molar-refractivity contribution < 1.29 is 13.5 Å². The number of anilines is 3. The van der Waals surface area contributed by atoms with E-state index >= 15 is 0 Å². The summed E-state index contributed by atoms with van der Waals surface area (Å²) in [7, 11) is 1.49. The fraction of sp³-hybridized carbons (Fsp3) is 0.286. The molecule has 0 saturated heterocycles. The van der Waals surface area contributed by atoms with Gasteiger partial charge >= 0.3 is 0 Å². The molecule has 0 bridgehead atoms. The van der Waals surface area contributed by atoms with Crippen molar-refractivity contribution in [3.8, 4) is 5.75 Å². The van der Waals surface area contributed by atoms with Crippen LogP contribution in [0.2, 0.25) is 0 Å². The molecular weight excluding hydrogens is 278 g/mol. The molecule has 0 unspecified atom stereocenters. The topological polar surface area (TPSA) is 59.1 Å². The maximum Gasteiger partial charge on any atom is 0.204 e. The first-order valence-electron chi connectivity index (χ1n) is 6.50. The van der Waals surface area contributed by atoms with Crippen molar-refractivity contribution in [3.05, 3.63) is 36.2 Å². The van der Waals surface area contributed by atoms with Gasteiger partial charge in [0, 0.05) is 18.3 Å². The van der Waals surface area contributed by atoms with E-state index in [-0.39, 0.29) is 0 Å². The van der Waals surface area contributed by atoms with Gasteiger partial charge in [-0.2, -0.15) is 0 Å². The molecule has 2 aromatic rings. The summed E-state index contributed by atoms with van der Waals surface area (Å²) in [5, 5.41) is 6.00. The third-order valence-electron chi connectivity index (χ3n) is 2.73. The van der Waals surface area contributed by atoms with E-state index in [0.717, 1.165) is 25.1 Å². The third kappa shape index (κ3) is 3.56. The summed E-state index contributed by atoms with van der Waals surface area (Å²) in [6.45, 7) is 2.76. The first-order valence-corrected chi connectivity index (χ1v) is 6.50. The van der Waals surface area contributed by atoms with Crippen molar-refractivity contribution >= 4 is 17.3 Å². The number of aromatic nitrogens is 2. The second kappa shape index (κ2) is 6.83. The number of halogens is 2. The molecule has 0 atom stereocenters. The second-order valence-electron chi connectivity index (χ2n) is 4.28. The average molecular weight is 294 g/mol. The van der Waals surface area contributed by atoms with Crippen molar-refractivity contribution in [3.63, 3.8) is 0 Å². The fourth-order valence-electron chi connectivity index (χ4n) is 1.74. The van der Waals surface area contributed by atoms with E-state index < -0.39 is 11.6 Å². The Balaban J connectivity index is 2.28. The summed E-state index contributed by atoms with van der Waals surface area (Å²) in [6, 6.07) is 3.51. The maximum atomic E-state index is 13.2. The summed E-state index contributed by atoms with van der Waals surface area (Å²) in [4.78, 5) is 8.16. The van der Waals surface area contributed by atoms with E-state index in [1.54, 1.807) is 0 Å². The summed E-state index contributed by atoms with van der Waals surface area (Å²) >= 11 is 0. The first-order chi connectivity index (χ1) is 10.2. The van der Waals surface area contributed by atoms with Crippen LogP contribution in [0.5, 0.6) is 5.75 Å². The van der Waals surface area contributed by atoms with Gasteiger partial charge in [-0.15, -0.1) is 0 Å². The van der Waals surface area contributed by atoms with Gasteiger partial charge in [0.05, 0.1) is 7.11 Å². The molecule has 0 fully saturated rings. The Morgan fingerprint density at radius 3 is 2.57 bits per heavy atom. The normalized spacial score (nSPS) is 10.3. The summed E-state index contributed by atoms with van der Waals surface area (Å²) in [6.07, 6.45) is 2.29. The van der Waals surface area contributed by atoms with Crippen LogP contribution in [0.25, 0.3) is 0 Å². The Hall–Kier alpha value is -2.44. The molecule has 0 amide bonds. The van der Waals surface area contributed by atoms with E-state index in [9.17, 15) is 8.78 Å². The van der Waals surface area contributed by atoms with Gasteiger partial charge < -0.3 is 15.4 Å². The number of methoxy groups -OCH3 is 1. The van der Waals surface area contributed by atoms with Crippen molar-refractivity contribution in [1.82, 2.24) is 9.97 Å². The molecule has 0 aliphatic rings. The SMILES string of the molecule is CCCNc1ncnc(Nc2ccc(F)c(F)c2)c1OC. The molecule has 1 aromatic heterocycles. The van der Waals surface area contributed by atoms with E-state index in [1.165, 1.54) is 19.5 Å². The smallest absolute Gasteiger partial charge is 0.204 e. The largest absolute Gasteiger partial charge is 0.490 e. The third-order valence-corrected chi connectivity index (χ3v) is 2.73. The maximum absolute atomic E-state index is 13.2. The van der Waals surface area contributed by atoms with Gasteiger partial charge in [-0.25, -0.2) is 18.7 Å². The zero-order chi connectivity index (χ0) is 15.2. The van der Waals surface area contributed by atoms with Crippen molar-refractivity contribution in [1.29, 1.82) is 0 Å². The van der Waals surface area contributed by atoms with Crippen LogP contribution in [-0.4, -0.2) is 23.6 Å². The molecule has 0 radical (unpaired) electrons. The van der Waals surface area contributed by atoms with Crippen LogP contribution < -0.4 is 15.4 Å². The molecule has 7 heteroatoms. The van der Waals surface area contributed by atoms with Crippen LogP contribution in [0.4, 0.5) is 26.1 Å². The monoisotopic (exact) mass is 294 g/mol. The molecule has 0 aliphatic carbocycles. The fourth-order valence-corrected chi connectivity index (χ4v) is 1.74. The Morgan fingerprint density at radius 2 is 1.90 bits per heavy atom. The lowest BCUT2D eigenvalue weighted by Gasteiger charge is -2.14. The lowest BCUT2D eigenvalue weighted by molar-refractivity contribution is 0.415. The highest BCUT2D eigenvalue weighted by Gasteiger charge is 2.12. The van der Waals surface area contributed by atoms with Gasteiger partial charge in [0.1, 0.15) is 6.33 Å². The molecule has 1 aromatic carbocycles. The zero-order valence-corrected chi connectivity index (χ0v) is 11.8. The number of rotatable bonds is 6. The Bertz CT molecular complexity index is 622. The van der Waals surface area contributed by atoms with Gasteiger partial charge in [0.15, 0.2) is 23.3 Å². The summed E-state index contributed by atoms with van der Waals surface area (Å²) < 4.78 is 31.4. The van der Waals surface area contributed by atoms with E-state index in [0.29, 0.717) is 23.1 Å². The number of ether oxygens (including phenoxy) is 1.